The predicted molar refractivity (Wildman–Crippen MR) is 56.2 cm³/mol. The fraction of sp³-hybridized carbons (Fsp3) is 0.500. The van der Waals surface area contributed by atoms with Gasteiger partial charge in [-0.1, -0.05) is 6.07 Å². The van der Waals surface area contributed by atoms with Crippen molar-refractivity contribution >= 4 is 5.82 Å². The lowest BCUT2D eigenvalue weighted by molar-refractivity contribution is -0.119. The zero-order valence-electron chi connectivity index (χ0n) is 9.12. The molecule has 3 nitrogen and oxygen atoms in total. The lowest BCUT2D eigenvalue weighted by Gasteiger charge is -2.23. The van der Waals surface area contributed by atoms with Crippen LogP contribution >= 0.6 is 0 Å². The number of pyridine rings is 1. The Hall–Kier alpha value is -1.30. The highest BCUT2D eigenvalue weighted by molar-refractivity contribution is 5.47. The monoisotopic (exact) mass is 233 g/mol. The first-order valence-electron chi connectivity index (χ1n) is 4.79. The van der Waals surface area contributed by atoms with Crippen LogP contribution in [0.15, 0.2) is 18.3 Å². The highest BCUT2D eigenvalue weighted by atomic mass is 19.4. The predicted octanol–water partition coefficient (Wildman–Crippen LogP) is 2.10. The van der Waals surface area contributed by atoms with Crippen LogP contribution in [0, 0.1) is 0 Å². The Morgan fingerprint density at radius 2 is 2.12 bits per heavy atom. The van der Waals surface area contributed by atoms with Gasteiger partial charge in [-0.3, -0.25) is 0 Å². The summed E-state index contributed by atoms with van der Waals surface area (Å²) in [6.45, 7) is 0.672. The molecule has 0 spiro atoms. The van der Waals surface area contributed by atoms with Crippen molar-refractivity contribution in [3.8, 4) is 0 Å². The smallest absolute Gasteiger partial charge is 0.350 e. The fourth-order valence-electron chi connectivity index (χ4n) is 1.43. The van der Waals surface area contributed by atoms with Gasteiger partial charge in [0.2, 0.25) is 0 Å². The first-order chi connectivity index (χ1) is 7.31. The SMILES string of the molecule is C[C@H](N)c1cccnc1N(C)CC(F)(F)F. The van der Waals surface area contributed by atoms with Crippen molar-refractivity contribution in [2.45, 2.75) is 19.1 Å². The summed E-state index contributed by atoms with van der Waals surface area (Å²) >= 11 is 0. The molecular weight excluding hydrogens is 219 g/mol. The quantitative estimate of drug-likeness (QED) is 0.869. The molecule has 1 atom stereocenters. The van der Waals surface area contributed by atoms with Crippen LogP contribution in [0.4, 0.5) is 19.0 Å². The molecule has 0 aromatic carbocycles. The third kappa shape index (κ3) is 3.37. The summed E-state index contributed by atoms with van der Waals surface area (Å²) in [6, 6.07) is 2.99. The van der Waals surface area contributed by atoms with E-state index in [1.54, 1.807) is 19.1 Å². The molecule has 1 rings (SSSR count). The van der Waals surface area contributed by atoms with Crippen LogP contribution in [0.2, 0.25) is 0 Å². The Balaban J connectivity index is 2.95. The molecule has 0 radical (unpaired) electrons. The molecule has 1 aromatic heterocycles. The van der Waals surface area contributed by atoms with Crippen molar-refractivity contribution < 1.29 is 13.2 Å². The number of halogens is 3. The van der Waals surface area contributed by atoms with Gasteiger partial charge >= 0.3 is 6.18 Å². The number of hydrogen-bond acceptors (Lipinski definition) is 3. The van der Waals surface area contributed by atoms with Crippen molar-refractivity contribution in [2.75, 3.05) is 18.5 Å². The third-order valence-corrected chi connectivity index (χ3v) is 2.09. The molecule has 0 bridgehead atoms. The van der Waals surface area contributed by atoms with E-state index in [0.29, 0.717) is 5.56 Å². The summed E-state index contributed by atoms with van der Waals surface area (Å²) < 4.78 is 36.7. The zero-order valence-corrected chi connectivity index (χ0v) is 9.12. The lowest BCUT2D eigenvalue weighted by atomic mass is 10.1. The number of anilines is 1. The fourth-order valence-corrected chi connectivity index (χ4v) is 1.43. The maximum Gasteiger partial charge on any atom is 0.405 e. The normalized spacial score (nSPS) is 13.6. The minimum absolute atomic E-state index is 0.273. The maximum atomic E-state index is 12.2. The topological polar surface area (TPSA) is 42.1 Å². The van der Waals surface area contributed by atoms with Crippen molar-refractivity contribution in [2.24, 2.45) is 5.73 Å². The number of rotatable bonds is 3. The molecule has 0 saturated carbocycles. The van der Waals surface area contributed by atoms with Crippen LogP contribution in [0.25, 0.3) is 0 Å². The molecule has 0 aliphatic heterocycles. The molecule has 0 saturated heterocycles. The van der Waals surface area contributed by atoms with Crippen LogP contribution in [0.1, 0.15) is 18.5 Å². The summed E-state index contributed by atoms with van der Waals surface area (Å²) in [5.74, 6) is 0.273. The molecule has 0 fully saturated rings. The molecule has 0 aliphatic carbocycles. The van der Waals surface area contributed by atoms with E-state index in [0.717, 1.165) is 4.90 Å². The molecule has 16 heavy (non-hydrogen) atoms. The van der Waals surface area contributed by atoms with Gasteiger partial charge in [-0.2, -0.15) is 13.2 Å². The van der Waals surface area contributed by atoms with Gasteiger partial charge in [0, 0.05) is 24.8 Å². The molecule has 2 N–H and O–H groups in total. The second-order valence-electron chi connectivity index (χ2n) is 3.68. The number of nitrogens with zero attached hydrogens (tertiary/aromatic N) is 2. The van der Waals surface area contributed by atoms with E-state index in [9.17, 15) is 13.2 Å². The lowest BCUT2D eigenvalue weighted by Crippen LogP contribution is -2.32. The minimum Gasteiger partial charge on any atom is -0.350 e. The van der Waals surface area contributed by atoms with Crippen LogP contribution in [0.5, 0.6) is 0 Å². The molecule has 0 amide bonds. The molecular formula is C10H14F3N3. The Bertz CT molecular complexity index is 349. The molecule has 90 valence electrons. The number of aromatic nitrogens is 1. The molecule has 0 aliphatic rings. The largest absolute Gasteiger partial charge is 0.405 e. The molecule has 6 heteroatoms. The Morgan fingerprint density at radius 3 is 2.62 bits per heavy atom. The molecule has 1 aromatic rings. The Morgan fingerprint density at radius 1 is 1.50 bits per heavy atom. The van der Waals surface area contributed by atoms with Gasteiger partial charge in [-0.05, 0) is 13.0 Å². The van der Waals surface area contributed by atoms with Crippen LogP contribution in [0.3, 0.4) is 0 Å². The van der Waals surface area contributed by atoms with Crippen LogP contribution < -0.4 is 10.6 Å². The average Bonchev–Trinajstić information content (AvgIpc) is 2.15. The number of alkyl halides is 3. The second-order valence-corrected chi connectivity index (χ2v) is 3.68. The van der Waals surface area contributed by atoms with E-state index in [1.807, 2.05) is 0 Å². The maximum absolute atomic E-state index is 12.2. The third-order valence-electron chi connectivity index (χ3n) is 2.09. The van der Waals surface area contributed by atoms with Gasteiger partial charge in [0.25, 0.3) is 0 Å². The van der Waals surface area contributed by atoms with E-state index in [2.05, 4.69) is 4.98 Å². The summed E-state index contributed by atoms with van der Waals surface area (Å²) in [5, 5.41) is 0. The zero-order chi connectivity index (χ0) is 12.3. The molecule has 1 heterocycles. The van der Waals surface area contributed by atoms with E-state index in [1.165, 1.54) is 13.2 Å². The van der Waals surface area contributed by atoms with Crippen molar-refractivity contribution in [1.82, 2.24) is 4.98 Å². The van der Waals surface area contributed by atoms with Gasteiger partial charge in [0.15, 0.2) is 0 Å². The second kappa shape index (κ2) is 4.69. The Labute approximate surface area is 92.1 Å². The van der Waals surface area contributed by atoms with Crippen molar-refractivity contribution in [1.29, 1.82) is 0 Å². The molecule has 0 unspecified atom stereocenters. The van der Waals surface area contributed by atoms with E-state index >= 15 is 0 Å². The van der Waals surface area contributed by atoms with Gasteiger partial charge in [-0.25, -0.2) is 4.98 Å². The number of hydrogen-bond donors (Lipinski definition) is 1. The highest BCUT2D eigenvalue weighted by Crippen LogP contribution is 2.24. The van der Waals surface area contributed by atoms with Crippen molar-refractivity contribution in [3.05, 3.63) is 23.9 Å². The van der Waals surface area contributed by atoms with Crippen LogP contribution in [-0.4, -0.2) is 24.8 Å². The summed E-state index contributed by atoms with van der Waals surface area (Å²) in [6.07, 6.45) is -2.80. The highest BCUT2D eigenvalue weighted by Gasteiger charge is 2.30. The van der Waals surface area contributed by atoms with Gasteiger partial charge in [0.1, 0.15) is 12.4 Å². The number of nitrogens with two attached hydrogens (primary N) is 1. The van der Waals surface area contributed by atoms with Gasteiger partial charge in [0.05, 0.1) is 0 Å². The summed E-state index contributed by atoms with van der Waals surface area (Å²) in [4.78, 5) is 4.98. The van der Waals surface area contributed by atoms with Crippen molar-refractivity contribution in [3.63, 3.8) is 0 Å². The minimum atomic E-state index is -4.25. The van der Waals surface area contributed by atoms with Crippen LogP contribution in [-0.2, 0) is 0 Å². The van der Waals surface area contributed by atoms with E-state index in [-0.39, 0.29) is 11.9 Å². The average molecular weight is 233 g/mol. The van der Waals surface area contributed by atoms with E-state index in [4.69, 9.17) is 5.73 Å². The standard InChI is InChI=1S/C10H14F3N3/c1-7(14)8-4-3-5-15-9(8)16(2)6-10(11,12)13/h3-5,7H,6,14H2,1-2H3/t7-/m0/s1. The van der Waals surface area contributed by atoms with E-state index < -0.39 is 12.7 Å². The summed E-state index contributed by atoms with van der Waals surface area (Å²) in [7, 11) is 1.35. The Kier molecular flexibility index (Phi) is 3.74. The first kappa shape index (κ1) is 12.8. The summed E-state index contributed by atoms with van der Waals surface area (Å²) in [5.41, 5.74) is 6.27. The first-order valence-corrected chi connectivity index (χ1v) is 4.79. The van der Waals surface area contributed by atoms with Gasteiger partial charge in [-0.15, -0.1) is 0 Å². The van der Waals surface area contributed by atoms with Gasteiger partial charge < -0.3 is 10.6 Å².